The lowest BCUT2D eigenvalue weighted by Crippen LogP contribution is -2.43. The van der Waals surface area contributed by atoms with Crippen LogP contribution in [0.25, 0.3) is 0 Å². The highest BCUT2D eigenvalue weighted by Gasteiger charge is 2.20. The molecule has 2 N–H and O–H groups in total. The van der Waals surface area contributed by atoms with E-state index < -0.39 is 0 Å². The van der Waals surface area contributed by atoms with Crippen molar-refractivity contribution >= 4 is 0 Å². The van der Waals surface area contributed by atoms with Crippen LogP contribution in [-0.2, 0) is 0 Å². The summed E-state index contributed by atoms with van der Waals surface area (Å²) in [5, 5.41) is 0. The van der Waals surface area contributed by atoms with Gasteiger partial charge in [-0.1, -0.05) is 26.2 Å². The first kappa shape index (κ1) is 15.9. The van der Waals surface area contributed by atoms with Crippen LogP contribution in [0.1, 0.15) is 51.9 Å². The fourth-order valence-corrected chi connectivity index (χ4v) is 2.89. The third kappa shape index (κ3) is 6.17. The predicted octanol–water partition coefficient (Wildman–Crippen LogP) is 2.31. The minimum Gasteiger partial charge on any atom is -0.330 e. The van der Waals surface area contributed by atoms with Gasteiger partial charge in [0, 0.05) is 6.04 Å². The Kier molecular flexibility index (Phi) is 8.64. The number of nitrogens with two attached hydrogens (primary N) is 1. The van der Waals surface area contributed by atoms with Crippen LogP contribution < -0.4 is 5.73 Å². The highest BCUT2D eigenvalue weighted by atomic mass is 15.2. The molecule has 18 heavy (non-hydrogen) atoms. The number of piperidine rings is 1. The molecule has 1 rings (SSSR count). The molecular formula is C15H33N3. The molecule has 0 aliphatic carbocycles. The maximum Gasteiger partial charge on any atom is 0.0117 e. The Labute approximate surface area is 114 Å². The number of hydrogen-bond acceptors (Lipinski definition) is 3. The lowest BCUT2D eigenvalue weighted by atomic mass is 10.0. The van der Waals surface area contributed by atoms with Crippen molar-refractivity contribution in [3.63, 3.8) is 0 Å². The van der Waals surface area contributed by atoms with Gasteiger partial charge in [-0.2, -0.15) is 0 Å². The van der Waals surface area contributed by atoms with Gasteiger partial charge in [0.2, 0.25) is 0 Å². The summed E-state index contributed by atoms with van der Waals surface area (Å²) < 4.78 is 0. The highest BCUT2D eigenvalue weighted by Crippen LogP contribution is 2.15. The lowest BCUT2D eigenvalue weighted by molar-refractivity contribution is 0.130. The smallest absolute Gasteiger partial charge is 0.0117 e. The zero-order valence-corrected chi connectivity index (χ0v) is 12.5. The molecule has 1 heterocycles. The van der Waals surface area contributed by atoms with Crippen molar-refractivity contribution in [2.24, 2.45) is 5.73 Å². The molecule has 1 fully saturated rings. The summed E-state index contributed by atoms with van der Waals surface area (Å²) in [6.07, 6.45) is 9.32. The summed E-state index contributed by atoms with van der Waals surface area (Å²) >= 11 is 0. The summed E-state index contributed by atoms with van der Waals surface area (Å²) in [6.45, 7) is 8.21. The van der Waals surface area contributed by atoms with Gasteiger partial charge in [0.15, 0.2) is 0 Å². The second kappa shape index (κ2) is 9.76. The number of nitrogens with zero attached hydrogens (tertiary/aromatic N) is 2. The quantitative estimate of drug-likeness (QED) is 0.642. The summed E-state index contributed by atoms with van der Waals surface area (Å²) in [5.41, 5.74) is 5.50. The second-order valence-electron chi connectivity index (χ2n) is 5.70. The zero-order chi connectivity index (χ0) is 13.2. The summed E-state index contributed by atoms with van der Waals surface area (Å²) in [7, 11) is 2.31. The van der Waals surface area contributed by atoms with Crippen LogP contribution in [0, 0.1) is 0 Å². The third-order valence-corrected chi connectivity index (χ3v) is 4.34. The van der Waals surface area contributed by atoms with Crippen molar-refractivity contribution in [2.45, 2.75) is 57.9 Å². The molecule has 108 valence electrons. The molecular weight excluding hydrogens is 222 g/mol. The number of hydrogen-bond donors (Lipinski definition) is 1. The van der Waals surface area contributed by atoms with Crippen LogP contribution in [0.5, 0.6) is 0 Å². The van der Waals surface area contributed by atoms with Crippen molar-refractivity contribution in [1.82, 2.24) is 9.80 Å². The van der Waals surface area contributed by atoms with Gasteiger partial charge < -0.3 is 15.5 Å². The van der Waals surface area contributed by atoms with Crippen LogP contribution in [0.2, 0.25) is 0 Å². The highest BCUT2D eigenvalue weighted by molar-refractivity contribution is 4.77. The maximum atomic E-state index is 5.50. The largest absolute Gasteiger partial charge is 0.330 e. The van der Waals surface area contributed by atoms with E-state index in [1.165, 1.54) is 71.1 Å². The molecule has 0 aromatic heterocycles. The average molecular weight is 255 g/mol. The Hall–Kier alpha value is -0.120. The van der Waals surface area contributed by atoms with E-state index in [0.29, 0.717) is 0 Å². The van der Waals surface area contributed by atoms with Crippen LogP contribution in [0.3, 0.4) is 0 Å². The Morgan fingerprint density at radius 2 is 1.67 bits per heavy atom. The van der Waals surface area contributed by atoms with Crippen molar-refractivity contribution < 1.29 is 0 Å². The molecule has 0 aromatic rings. The zero-order valence-electron chi connectivity index (χ0n) is 12.5. The van der Waals surface area contributed by atoms with E-state index in [0.717, 1.165) is 12.6 Å². The molecule has 1 aliphatic heterocycles. The average Bonchev–Trinajstić information content (AvgIpc) is 2.42. The van der Waals surface area contributed by atoms with Crippen LogP contribution in [0.15, 0.2) is 0 Å². The monoisotopic (exact) mass is 255 g/mol. The van der Waals surface area contributed by atoms with E-state index in [9.17, 15) is 0 Å². The van der Waals surface area contributed by atoms with E-state index >= 15 is 0 Å². The van der Waals surface area contributed by atoms with Crippen LogP contribution in [0.4, 0.5) is 0 Å². The van der Waals surface area contributed by atoms with Gasteiger partial charge in [0.1, 0.15) is 0 Å². The van der Waals surface area contributed by atoms with E-state index in [1.807, 2.05) is 0 Å². The standard InChI is InChI=1S/C15H33N3/c1-3-18-13-9-15(10-14-18)17(2)12-8-6-4-5-7-11-16/h15H,3-14,16H2,1-2H3. The van der Waals surface area contributed by atoms with E-state index in [4.69, 9.17) is 5.73 Å². The summed E-state index contributed by atoms with van der Waals surface area (Å²) in [5.74, 6) is 0. The van der Waals surface area contributed by atoms with Crippen molar-refractivity contribution in [3.8, 4) is 0 Å². The number of likely N-dealkylation sites (tertiary alicyclic amines) is 1. The number of unbranched alkanes of at least 4 members (excludes halogenated alkanes) is 4. The normalized spacial score (nSPS) is 18.7. The minimum atomic E-state index is 0.830. The first-order chi connectivity index (χ1) is 8.77. The molecule has 0 spiro atoms. The maximum absolute atomic E-state index is 5.50. The van der Waals surface area contributed by atoms with Crippen LogP contribution >= 0.6 is 0 Å². The second-order valence-corrected chi connectivity index (χ2v) is 5.70. The van der Waals surface area contributed by atoms with Crippen molar-refractivity contribution in [3.05, 3.63) is 0 Å². The van der Waals surface area contributed by atoms with Gasteiger partial charge >= 0.3 is 0 Å². The van der Waals surface area contributed by atoms with E-state index in [-0.39, 0.29) is 0 Å². The van der Waals surface area contributed by atoms with Gasteiger partial charge in [-0.05, 0) is 65.5 Å². The third-order valence-electron chi connectivity index (χ3n) is 4.34. The van der Waals surface area contributed by atoms with Gasteiger partial charge in [0.25, 0.3) is 0 Å². The predicted molar refractivity (Wildman–Crippen MR) is 79.9 cm³/mol. The molecule has 0 aromatic carbocycles. The molecule has 0 radical (unpaired) electrons. The van der Waals surface area contributed by atoms with E-state index in [2.05, 4.69) is 23.8 Å². The van der Waals surface area contributed by atoms with Crippen molar-refractivity contribution in [1.29, 1.82) is 0 Å². The lowest BCUT2D eigenvalue weighted by Gasteiger charge is -2.36. The van der Waals surface area contributed by atoms with Gasteiger partial charge in [-0.3, -0.25) is 0 Å². The molecule has 1 aliphatic rings. The fraction of sp³-hybridized carbons (Fsp3) is 1.00. The first-order valence-corrected chi connectivity index (χ1v) is 7.90. The Balaban J connectivity index is 2.01. The molecule has 3 heteroatoms. The van der Waals surface area contributed by atoms with E-state index in [1.54, 1.807) is 0 Å². The summed E-state index contributed by atoms with van der Waals surface area (Å²) in [4.78, 5) is 5.16. The SMILES string of the molecule is CCN1CCC(N(C)CCCCCCCN)CC1. The Bertz CT molecular complexity index is 188. The van der Waals surface area contributed by atoms with Gasteiger partial charge in [-0.25, -0.2) is 0 Å². The van der Waals surface area contributed by atoms with Gasteiger partial charge in [-0.15, -0.1) is 0 Å². The molecule has 0 saturated carbocycles. The van der Waals surface area contributed by atoms with Gasteiger partial charge in [0.05, 0.1) is 0 Å². The number of rotatable bonds is 9. The molecule has 0 amide bonds. The topological polar surface area (TPSA) is 32.5 Å². The fourth-order valence-electron chi connectivity index (χ4n) is 2.89. The van der Waals surface area contributed by atoms with Crippen LogP contribution in [-0.4, -0.2) is 55.6 Å². The summed E-state index contributed by atoms with van der Waals surface area (Å²) in [6, 6.07) is 0.830. The first-order valence-electron chi connectivity index (χ1n) is 7.90. The molecule has 0 unspecified atom stereocenters. The Morgan fingerprint density at radius 1 is 1.06 bits per heavy atom. The molecule has 0 bridgehead atoms. The minimum absolute atomic E-state index is 0.830. The Morgan fingerprint density at radius 3 is 2.28 bits per heavy atom. The van der Waals surface area contributed by atoms with Crippen molar-refractivity contribution in [2.75, 3.05) is 39.8 Å². The molecule has 0 atom stereocenters. The molecule has 1 saturated heterocycles. The molecule has 3 nitrogen and oxygen atoms in total.